The molecule has 0 saturated heterocycles. The summed E-state index contributed by atoms with van der Waals surface area (Å²) in [6, 6.07) is 13.5. The first kappa shape index (κ1) is 16.6. The van der Waals surface area contributed by atoms with Crippen LogP contribution in [0.25, 0.3) is 22.4 Å². The number of nitrogens with zero attached hydrogens (tertiary/aromatic N) is 4. The number of oxazole rings is 1. The van der Waals surface area contributed by atoms with Crippen molar-refractivity contribution in [2.24, 2.45) is 0 Å². The number of fused-ring (bicyclic) bond motifs is 1. The summed E-state index contributed by atoms with van der Waals surface area (Å²) >= 11 is 0. The van der Waals surface area contributed by atoms with Crippen molar-refractivity contribution in [2.75, 3.05) is 0 Å². The third-order valence-electron chi connectivity index (χ3n) is 4.25. The molecule has 0 N–H and O–H groups in total. The smallest absolute Gasteiger partial charge is 0.271 e. The molecule has 4 rings (SSSR count). The Labute approximate surface area is 152 Å². The third kappa shape index (κ3) is 3.08. The second kappa shape index (κ2) is 6.49. The van der Waals surface area contributed by atoms with Crippen LogP contribution in [0.1, 0.15) is 11.5 Å². The first-order valence-corrected chi connectivity index (χ1v) is 8.18. The highest BCUT2D eigenvalue weighted by Crippen LogP contribution is 2.22. The lowest BCUT2D eigenvalue weighted by Crippen LogP contribution is -2.21. The first-order valence-electron chi connectivity index (χ1n) is 8.18. The summed E-state index contributed by atoms with van der Waals surface area (Å²) in [7, 11) is 0. The van der Waals surface area contributed by atoms with Crippen LogP contribution < -0.4 is 5.56 Å². The van der Waals surface area contributed by atoms with E-state index in [9.17, 15) is 14.9 Å². The average Bonchev–Trinajstić information content (AvgIpc) is 3.05. The van der Waals surface area contributed by atoms with E-state index < -0.39 is 4.92 Å². The summed E-state index contributed by atoms with van der Waals surface area (Å²) in [5.41, 5.74) is 1.36. The van der Waals surface area contributed by atoms with Gasteiger partial charge in [-0.1, -0.05) is 18.2 Å². The predicted molar refractivity (Wildman–Crippen MR) is 98.4 cm³/mol. The fourth-order valence-electron chi connectivity index (χ4n) is 2.81. The number of nitro groups is 1. The van der Waals surface area contributed by atoms with Crippen molar-refractivity contribution in [3.63, 3.8) is 0 Å². The minimum atomic E-state index is -0.517. The molecule has 0 radical (unpaired) electrons. The van der Waals surface area contributed by atoms with Gasteiger partial charge in [-0.3, -0.25) is 19.5 Å². The molecule has 4 aromatic rings. The lowest BCUT2D eigenvalue weighted by Gasteiger charge is -2.05. The van der Waals surface area contributed by atoms with E-state index in [0.717, 1.165) is 5.56 Å². The quantitative estimate of drug-likeness (QED) is 0.407. The molecule has 2 heterocycles. The Hall–Kier alpha value is -3.81. The molecule has 27 heavy (non-hydrogen) atoms. The van der Waals surface area contributed by atoms with Gasteiger partial charge in [0.15, 0.2) is 0 Å². The Bertz CT molecular complexity index is 1210. The van der Waals surface area contributed by atoms with E-state index in [0.29, 0.717) is 22.7 Å². The molecule has 0 bridgehead atoms. The Balaban J connectivity index is 1.71. The largest absolute Gasteiger partial charge is 0.441 e. The number of hydrogen-bond donors (Lipinski definition) is 0. The standard InChI is InChI=1S/C19H14N4O4/c1-12-17(21-18(27-12)13-5-3-2-4-6-13)10-22-11-20-16-9-14(23(25)26)7-8-15(16)19(22)24/h2-9,11H,10H2,1H3. The molecule has 8 heteroatoms. The summed E-state index contributed by atoms with van der Waals surface area (Å²) in [4.78, 5) is 31.7. The molecule has 0 aliphatic rings. The number of rotatable bonds is 4. The second-order valence-corrected chi connectivity index (χ2v) is 6.02. The van der Waals surface area contributed by atoms with E-state index in [1.807, 2.05) is 30.3 Å². The molecular formula is C19H14N4O4. The van der Waals surface area contributed by atoms with E-state index in [1.165, 1.54) is 29.1 Å². The van der Waals surface area contributed by atoms with Gasteiger partial charge in [-0.25, -0.2) is 9.97 Å². The van der Waals surface area contributed by atoms with Gasteiger partial charge in [0.1, 0.15) is 11.5 Å². The molecule has 0 amide bonds. The van der Waals surface area contributed by atoms with Gasteiger partial charge in [0, 0.05) is 17.7 Å². The number of hydrogen-bond acceptors (Lipinski definition) is 6. The minimum absolute atomic E-state index is 0.105. The normalized spacial score (nSPS) is 11.0. The molecular weight excluding hydrogens is 348 g/mol. The summed E-state index contributed by atoms with van der Waals surface area (Å²) < 4.78 is 7.13. The van der Waals surface area contributed by atoms with Crippen molar-refractivity contribution < 1.29 is 9.34 Å². The van der Waals surface area contributed by atoms with Crippen LogP contribution in [-0.2, 0) is 6.54 Å². The van der Waals surface area contributed by atoms with Crippen LogP contribution in [0.4, 0.5) is 5.69 Å². The molecule has 134 valence electrons. The van der Waals surface area contributed by atoms with Crippen molar-refractivity contribution in [3.8, 4) is 11.5 Å². The molecule has 0 aliphatic heterocycles. The maximum absolute atomic E-state index is 12.7. The maximum atomic E-state index is 12.7. The Morgan fingerprint density at radius 2 is 1.96 bits per heavy atom. The molecule has 2 aromatic carbocycles. The van der Waals surface area contributed by atoms with Gasteiger partial charge in [0.2, 0.25) is 5.89 Å². The molecule has 0 atom stereocenters. The number of aryl methyl sites for hydroxylation is 1. The highest BCUT2D eigenvalue weighted by Gasteiger charge is 2.14. The van der Waals surface area contributed by atoms with Crippen LogP contribution in [0.3, 0.4) is 0 Å². The summed E-state index contributed by atoms with van der Waals surface area (Å²) in [6.45, 7) is 1.98. The van der Waals surface area contributed by atoms with Crippen molar-refractivity contribution in [2.45, 2.75) is 13.5 Å². The molecule has 8 nitrogen and oxygen atoms in total. The zero-order valence-corrected chi connectivity index (χ0v) is 14.3. The Kier molecular flexibility index (Phi) is 4.00. The average molecular weight is 362 g/mol. The highest BCUT2D eigenvalue weighted by molar-refractivity contribution is 5.79. The van der Waals surface area contributed by atoms with Crippen LogP contribution in [0.2, 0.25) is 0 Å². The van der Waals surface area contributed by atoms with Gasteiger partial charge in [0.05, 0.1) is 28.7 Å². The van der Waals surface area contributed by atoms with E-state index >= 15 is 0 Å². The van der Waals surface area contributed by atoms with Crippen LogP contribution >= 0.6 is 0 Å². The molecule has 0 saturated carbocycles. The van der Waals surface area contributed by atoms with E-state index in [-0.39, 0.29) is 23.3 Å². The number of aromatic nitrogens is 3. The third-order valence-corrected chi connectivity index (χ3v) is 4.25. The summed E-state index contributed by atoms with van der Waals surface area (Å²) in [5.74, 6) is 1.10. The van der Waals surface area contributed by atoms with Crippen LogP contribution in [0, 0.1) is 17.0 Å². The number of nitro benzene ring substituents is 1. The fourth-order valence-corrected chi connectivity index (χ4v) is 2.81. The van der Waals surface area contributed by atoms with Gasteiger partial charge in [-0.05, 0) is 25.1 Å². The van der Waals surface area contributed by atoms with Crippen LogP contribution in [0.5, 0.6) is 0 Å². The van der Waals surface area contributed by atoms with E-state index in [4.69, 9.17) is 4.42 Å². The SMILES string of the molecule is Cc1oc(-c2ccccc2)nc1Cn1cnc2cc([N+](=O)[O-])ccc2c1=O. The number of benzene rings is 2. The predicted octanol–water partition coefficient (Wildman–Crippen LogP) is 3.32. The monoisotopic (exact) mass is 362 g/mol. The van der Waals surface area contributed by atoms with Crippen molar-refractivity contribution in [1.29, 1.82) is 0 Å². The zero-order chi connectivity index (χ0) is 19.0. The zero-order valence-electron chi connectivity index (χ0n) is 14.3. The second-order valence-electron chi connectivity index (χ2n) is 6.02. The fraction of sp³-hybridized carbons (Fsp3) is 0.105. The Morgan fingerprint density at radius 3 is 2.70 bits per heavy atom. The van der Waals surface area contributed by atoms with E-state index in [2.05, 4.69) is 9.97 Å². The minimum Gasteiger partial charge on any atom is -0.441 e. The van der Waals surface area contributed by atoms with Crippen LogP contribution in [-0.4, -0.2) is 19.5 Å². The highest BCUT2D eigenvalue weighted by atomic mass is 16.6. The van der Waals surface area contributed by atoms with Crippen molar-refractivity contribution in [3.05, 3.63) is 86.8 Å². The lowest BCUT2D eigenvalue weighted by molar-refractivity contribution is -0.384. The molecule has 0 unspecified atom stereocenters. The molecule has 2 aromatic heterocycles. The maximum Gasteiger partial charge on any atom is 0.271 e. The lowest BCUT2D eigenvalue weighted by atomic mass is 10.2. The molecule has 0 aliphatic carbocycles. The summed E-state index contributed by atoms with van der Waals surface area (Å²) in [6.07, 6.45) is 1.37. The molecule has 0 fully saturated rings. The van der Waals surface area contributed by atoms with Gasteiger partial charge < -0.3 is 4.42 Å². The summed E-state index contributed by atoms with van der Waals surface area (Å²) in [5, 5.41) is 11.2. The van der Waals surface area contributed by atoms with Crippen molar-refractivity contribution in [1.82, 2.24) is 14.5 Å². The molecule has 0 spiro atoms. The Morgan fingerprint density at radius 1 is 1.19 bits per heavy atom. The van der Waals surface area contributed by atoms with Gasteiger partial charge >= 0.3 is 0 Å². The van der Waals surface area contributed by atoms with Gasteiger partial charge in [-0.15, -0.1) is 0 Å². The van der Waals surface area contributed by atoms with Crippen LogP contribution in [0.15, 0.2) is 64.1 Å². The van der Waals surface area contributed by atoms with Gasteiger partial charge in [0.25, 0.3) is 11.2 Å². The van der Waals surface area contributed by atoms with E-state index in [1.54, 1.807) is 6.92 Å². The topological polar surface area (TPSA) is 104 Å². The number of non-ortho nitro benzene ring substituents is 1. The van der Waals surface area contributed by atoms with Crippen molar-refractivity contribution >= 4 is 16.6 Å². The van der Waals surface area contributed by atoms with Gasteiger partial charge in [-0.2, -0.15) is 0 Å². The first-order chi connectivity index (χ1) is 13.0.